The molecule has 12 rings (SSSR count). The average Bonchev–Trinajstić information content (AvgIpc) is 1.72. The molecule has 0 aliphatic rings. The molecule has 6 heterocycles. The number of anilines is 4. The van der Waals surface area contributed by atoms with Crippen molar-refractivity contribution in [3.05, 3.63) is 271 Å². The number of hydrogen-bond acceptors (Lipinski definition) is 16. The van der Waals surface area contributed by atoms with Gasteiger partial charge in [0.15, 0.2) is 11.6 Å². The van der Waals surface area contributed by atoms with Crippen molar-refractivity contribution in [2.24, 2.45) is 0 Å². The topological polar surface area (TPSA) is 249 Å². The first-order valence-electron chi connectivity index (χ1n) is 33.3. The van der Waals surface area contributed by atoms with Gasteiger partial charge in [-0.25, -0.2) is 9.97 Å². The van der Waals surface area contributed by atoms with Crippen molar-refractivity contribution in [3.63, 3.8) is 0 Å². The van der Waals surface area contributed by atoms with Crippen LogP contribution in [0.15, 0.2) is 195 Å². The second kappa shape index (κ2) is 38.3. The van der Waals surface area contributed by atoms with Crippen LogP contribution in [0.25, 0.3) is 34.2 Å². The second-order valence-electron chi connectivity index (χ2n) is 24.2. The van der Waals surface area contributed by atoms with Gasteiger partial charge in [0.2, 0.25) is 11.9 Å². The van der Waals surface area contributed by atoms with Crippen molar-refractivity contribution in [2.45, 2.75) is 49.9 Å². The fraction of sp³-hybridized carbons (Fsp3) is 0.171. The average molecular weight is 1760 g/mol. The molecule has 12 aromatic rings. The zero-order valence-electron chi connectivity index (χ0n) is 60.7. The van der Waals surface area contributed by atoms with Gasteiger partial charge in [0, 0.05) is 94.8 Å². The molecule has 0 atom stereocenters. The maximum absolute atomic E-state index is 13.0. The van der Waals surface area contributed by atoms with Crippen LogP contribution in [0.4, 0.5) is 102 Å². The van der Waals surface area contributed by atoms with Crippen LogP contribution in [-0.2, 0) is 43.5 Å². The molecule has 0 unspecified atom stereocenters. The first-order valence-corrected chi connectivity index (χ1v) is 34.9. The minimum atomic E-state index is -5.17. The fourth-order valence-electron chi connectivity index (χ4n) is 10.2. The Morgan fingerprint density at radius 1 is 0.370 bits per heavy atom. The summed E-state index contributed by atoms with van der Waals surface area (Å²) in [6.45, 7) is 0.348. The quantitative estimate of drug-likeness (QED) is 0.0434. The smallest absolute Gasteiger partial charge is 0.417 e. The van der Waals surface area contributed by atoms with Crippen LogP contribution in [-0.4, -0.2) is 102 Å². The lowest BCUT2D eigenvalue weighted by atomic mass is 10.0. The normalized spacial score (nSPS) is 11.6. The van der Waals surface area contributed by atoms with Crippen molar-refractivity contribution >= 4 is 87.4 Å². The van der Waals surface area contributed by atoms with E-state index in [1.807, 2.05) is 29.6 Å². The molecule has 6 aromatic heterocycles. The standard InChI is InChI=1S/C22H17ClF6N2.C20H17ClN2O3.C17H7ClF9N5O.C17H13ClF3N5O3/c23-19-7-6-17(13-18(19)20-5-1-2-8-31-20)30-9-3-4-14-10-15(21(24,25)26)12-16(11-14)22(27,28)29;1-25-15-10-14(11-16(12-15)26-2)23-20(24)13-6-7-18(21)17(9-13)19-5-3-4-8-22-19;18-11-4-10(17(25,26)27)5-28-12(11)32-6-29-14(31-32)30-13(33)7-1-8(15(19,20)21)3-9(2-7)16(22,23)24;1-28-11-3-9(4-12(6-11)29-2)15(27)24-16-23-8-26(25-16)14-13(18)5-10(7-22-14)17(19,20)21/h1-2,5-8,10-13,30H,3-4,9H2;3-12H,1-2H3,(H,23,24);1-6H,(H,30,31,33);3-8H,1-2H3,(H,24,25,27). The Labute approximate surface area is 680 Å². The maximum Gasteiger partial charge on any atom is 0.417 e. The van der Waals surface area contributed by atoms with Crippen molar-refractivity contribution in [1.82, 2.24) is 49.5 Å². The molecule has 0 saturated heterocycles. The molecule has 0 radical (unpaired) electrons. The molecule has 6 aromatic carbocycles. The Morgan fingerprint density at radius 2 is 0.756 bits per heavy atom. The van der Waals surface area contributed by atoms with Crippen molar-refractivity contribution < 1.29 is 112 Å². The van der Waals surface area contributed by atoms with Crippen molar-refractivity contribution in [1.29, 1.82) is 0 Å². The predicted octanol–water partition coefficient (Wildman–Crippen LogP) is 21.4. The van der Waals surface area contributed by atoms with Crippen molar-refractivity contribution in [2.75, 3.05) is 56.3 Å². The molecule has 4 N–H and O–H groups in total. The summed E-state index contributed by atoms with van der Waals surface area (Å²) < 4.78 is 254. The summed E-state index contributed by atoms with van der Waals surface area (Å²) >= 11 is 24.1. The molecule has 119 heavy (non-hydrogen) atoms. The van der Waals surface area contributed by atoms with Gasteiger partial charge >= 0.3 is 37.1 Å². The Morgan fingerprint density at radius 3 is 1.15 bits per heavy atom. The van der Waals surface area contributed by atoms with Crippen LogP contribution in [0.3, 0.4) is 0 Å². The van der Waals surface area contributed by atoms with E-state index in [2.05, 4.69) is 56.1 Å². The number of methoxy groups -OCH3 is 4. The van der Waals surface area contributed by atoms with E-state index in [0.717, 1.165) is 40.2 Å². The number of ether oxygens (including phenoxy) is 4. The molecule has 43 heteroatoms. The summed E-state index contributed by atoms with van der Waals surface area (Å²) in [7, 11) is 6.00. The van der Waals surface area contributed by atoms with Gasteiger partial charge in [-0.3, -0.25) is 35.0 Å². The van der Waals surface area contributed by atoms with Gasteiger partial charge in [-0.15, -0.1) is 10.2 Å². The fourth-order valence-corrected chi connectivity index (χ4v) is 11.2. The lowest BCUT2D eigenvalue weighted by Gasteiger charge is -2.14. The Kier molecular flexibility index (Phi) is 29.1. The molecule has 0 spiro atoms. The summed E-state index contributed by atoms with van der Waals surface area (Å²) in [6, 6.07) is 34.2. The van der Waals surface area contributed by atoms with Crippen LogP contribution in [0, 0.1) is 0 Å². The summed E-state index contributed by atoms with van der Waals surface area (Å²) in [5.74, 6) is -1.33. The van der Waals surface area contributed by atoms with Crippen LogP contribution < -0.4 is 40.2 Å². The number of nitrogens with zero attached hydrogens (tertiary/aromatic N) is 10. The van der Waals surface area contributed by atoms with E-state index in [4.69, 9.17) is 65.4 Å². The molecular weight excluding hydrogens is 1700 g/mol. The number of nitrogens with one attached hydrogen (secondary N) is 4. The SMILES string of the molecule is COc1cc(NC(=O)c2ccc(Cl)c(-c3ccccn3)c2)cc(OC)c1.COc1cc(OC)cc(C(=O)Nc2ncn(-c3ncc(C(F)(F)F)cc3Cl)n2)c1.FC(F)(F)c1cc(CCCNc2ccc(Cl)c(-c3ccccn3)c2)cc(C(F)(F)F)c1.O=C(Nc1ncn(-c2ncc(C(F)(F)F)cc2Cl)n1)c1cc(C(F)(F)F)cc(C(F)(F)F)c1. The highest BCUT2D eigenvalue weighted by atomic mass is 35.5. The van der Waals surface area contributed by atoms with Gasteiger partial charge in [0.25, 0.3) is 17.7 Å². The van der Waals surface area contributed by atoms with Gasteiger partial charge in [-0.2, -0.15) is 98.4 Å². The predicted molar refractivity (Wildman–Crippen MR) is 400 cm³/mol. The number of aromatic nitrogens is 10. The highest BCUT2D eigenvalue weighted by Gasteiger charge is 2.40. The van der Waals surface area contributed by atoms with Crippen molar-refractivity contribution in [3.8, 4) is 57.1 Å². The highest BCUT2D eigenvalue weighted by Crippen LogP contribution is 2.41. The van der Waals surface area contributed by atoms with E-state index in [1.54, 1.807) is 99.4 Å². The second-order valence-corrected chi connectivity index (χ2v) is 25.8. The number of alkyl halides is 18. The largest absolute Gasteiger partial charge is 0.497 e. The summed E-state index contributed by atoms with van der Waals surface area (Å²) in [5.41, 5.74) is -4.41. The third-order valence-electron chi connectivity index (χ3n) is 15.9. The molecule has 624 valence electrons. The van der Waals surface area contributed by atoms with E-state index in [9.17, 15) is 93.4 Å². The van der Waals surface area contributed by atoms with E-state index in [0.29, 0.717) is 104 Å². The van der Waals surface area contributed by atoms with Crippen LogP contribution in [0.1, 0.15) is 76.4 Å². The van der Waals surface area contributed by atoms with Crippen LogP contribution in [0.2, 0.25) is 20.1 Å². The third-order valence-corrected chi connectivity index (χ3v) is 17.2. The van der Waals surface area contributed by atoms with Gasteiger partial charge in [0.1, 0.15) is 35.7 Å². The number of amides is 3. The minimum absolute atomic E-state index is 0.0192. The monoisotopic (exact) mass is 1760 g/mol. The number of benzene rings is 6. The Bertz CT molecular complexity index is 5480. The number of rotatable bonds is 19. The summed E-state index contributed by atoms with van der Waals surface area (Å²) in [5, 5.41) is 18.2. The van der Waals surface area contributed by atoms with Crippen LogP contribution >= 0.6 is 46.4 Å². The number of carbonyl (C=O) groups is 3. The molecule has 0 aliphatic carbocycles. The number of aryl methyl sites for hydroxylation is 1. The third kappa shape index (κ3) is 25.0. The zero-order chi connectivity index (χ0) is 87.1. The van der Waals surface area contributed by atoms with Crippen LogP contribution in [0.5, 0.6) is 23.0 Å². The number of carbonyl (C=O) groups excluding carboxylic acids is 3. The van der Waals surface area contributed by atoms with Gasteiger partial charge in [-0.1, -0.05) is 58.5 Å². The number of halogens is 22. The molecule has 3 amide bonds. The number of hydrogen-bond donors (Lipinski definition) is 4. The van der Waals surface area contributed by atoms with E-state index in [1.165, 1.54) is 26.4 Å². The van der Waals surface area contributed by atoms with E-state index < -0.39 is 98.8 Å². The van der Waals surface area contributed by atoms with Gasteiger partial charge < -0.3 is 29.6 Å². The number of pyridine rings is 4. The minimum Gasteiger partial charge on any atom is -0.497 e. The van der Waals surface area contributed by atoms with Gasteiger partial charge in [0.05, 0.1) is 93.3 Å². The molecular formula is C76H54Cl4F18N14O7. The molecule has 21 nitrogen and oxygen atoms in total. The van der Waals surface area contributed by atoms with E-state index >= 15 is 0 Å². The molecule has 0 bridgehead atoms. The van der Waals surface area contributed by atoms with E-state index in [-0.39, 0.29) is 70.3 Å². The summed E-state index contributed by atoms with van der Waals surface area (Å²) in [4.78, 5) is 60.5. The molecule has 0 saturated carbocycles. The lowest BCUT2D eigenvalue weighted by molar-refractivity contribution is -0.144. The summed E-state index contributed by atoms with van der Waals surface area (Å²) in [6.07, 6.45) is -22.5. The Balaban J connectivity index is 0.000000181. The zero-order valence-corrected chi connectivity index (χ0v) is 63.8. The maximum atomic E-state index is 13.0. The first-order chi connectivity index (χ1) is 55.9. The molecule has 0 fully saturated rings. The van der Waals surface area contributed by atoms with Gasteiger partial charge in [-0.05, 0) is 140 Å². The molecule has 0 aliphatic heterocycles. The first kappa shape index (κ1) is 90.4. The Hall–Kier alpha value is -12.5. The highest BCUT2D eigenvalue weighted by molar-refractivity contribution is 6.34. The lowest BCUT2D eigenvalue weighted by Crippen LogP contribution is -2.18.